The van der Waals surface area contributed by atoms with Crippen LogP contribution < -0.4 is 49.1 Å². The summed E-state index contributed by atoms with van der Waals surface area (Å²) in [7, 11) is 2.16. The molecule has 76 heavy (non-hydrogen) atoms. The number of nitrogens with one attached hydrogen (secondary N) is 8. The molecule has 1 aliphatic rings. The Hall–Kier alpha value is -6.28. The Labute approximate surface area is 453 Å². The number of aromatic amines is 2. The zero-order valence-electron chi connectivity index (χ0n) is 43.4. The summed E-state index contributed by atoms with van der Waals surface area (Å²) in [5, 5.41) is 28.5. The molecule has 5 rings (SSSR count). The number of carbonyl (C=O) groups is 9. The van der Waals surface area contributed by atoms with E-state index in [9.17, 15) is 48.3 Å². The Morgan fingerprint density at radius 2 is 1.26 bits per heavy atom. The number of nitrogens with two attached hydrogens (primary N) is 3. The first kappa shape index (κ1) is 60.6. The third-order valence-electron chi connectivity index (χ3n) is 13.3. The van der Waals surface area contributed by atoms with Crippen LogP contribution in [0.2, 0.25) is 0 Å². The molecule has 1 saturated heterocycles. The second-order valence-corrected chi connectivity index (χ2v) is 22.6. The van der Waals surface area contributed by atoms with Crippen molar-refractivity contribution in [3.63, 3.8) is 0 Å². The Kier molecular flexibility index (Phi) is 23.4. The number of carbonyl (C=O) groups excluding carboxylic acids is 9. The lowest BCUT2D eigenvalue weighted by Gasteiger charge is -2.30. The maximum Gasteiger partial charge on any atom is 0.246 e. The smallest absolute Gasteiger partial charge is 0.246 e. The van der Waals surface area contributed by atoms with Gasteiger partial charge in [-0.25, -0.2) is 0 Å². The molecule has 414 valence electrons. The summed E-state index contributed by atoms with van der Waals surface area (Å²) in [6.07, 6.45) is 5.96. The van der Waals surface area contributed by atoms with Crippen LogP contribution in [0.3, 0.4) is 0 Å². The first-order valence-electron chi connectivity index (χ1n) is 25.2. The van der Waals surface area contributed by atoms with E-state index in [1.807, 2.05) is 54.8 Å². The number of aliphatic hydroxyl groups excluding tert-OH is 1. The van der Waals surface area contributed by atoms with Crippen molar-refractivity contribution < 1.29 is 48.3 Å². The zero-order chi connectivity index (χ0) is 55.6. The van der Waals surface area contributed by atoms with E-state index in [-0.39, 0.29) is 36.8 Å². The van der Waals surface area contributed by atoms with Gasteiger partial charge in [0, 0.05) is 71.0 Å². The van der Waals surface area contributed by atoms with E-state index in [2.05, 4.69) is 41.9 Å². The molecule has 22 nitrogen and oxygen atoms in total. The molecule has 0 unspecified atom stereocenters. The van der Waals surface area contributed by atoms with Crippen LogP contribution in [0.4, 0.5) is 0 Å². The molecule has 0 bridgehead atoms. The topological polar surface area (TPSA) is 359 Å². The van der Waals surface area contributed by atoms with Crippen LogP contribution in [-0.4, -0.2) is 158 Å². The molecule has 0 aliphatic carbocycles. The summed E-state index contributed by atoms with van der Waals surface area (Å²) in [5.41, 5.74) is 20.4. The molecule has 1 aliphatic heterocycles. The van der Waals surface area contributed by atoms with E-state index in [0.29, 0.717) is 25.7 Å². The van der Waals surface area contributed by atoms with Crippen molar-refractivity contribution in [2.45, 2.75) is 115 Å². The normalized spacial score (nSPS) is 17.0. The quantitative estimate of drug-likeness (QED) is 0.0250. The van der Waals surface area contributed by atoms with Crippen LogP contribution in [0.15, 0.2) is 60.9 Å². The highest BCUT2D eigenvalue weighted by molar-refractivity contribution is 8.76. The van der Waals surface area contributed by atoms with E-state index in [1.54, 1.807) is 44.9 Å². The first-order chi connectivity index (χ1) is 36.2. The number of aromatic nitrogens is 2. The number of H-pyrrole nitrogens is 2. The Bertz CT molecular complexity index is 2680. The summed E-state index contributed by atoms with van der Waals surface area (Å²) in [6.45, 7) is 6.25. The summed E-state index contributed by atoms with van der Waals surface area (Å²) in [6, 6.07) is 6.44. The predicted molar refractivity (Wildman–Crippen MR) is 296 cm³/mol. The number of para-hydroxylation sites is 2. The van der Waals surface area contributed by atoms with Gasteiger partial charge in [0.05, 0.1) is 18.7 Å². The van der Waals surface area contributed by atoms with Crippen molar-refractivity contribution in [1.29, 1.82) is 0 Å². The maximum atomic E-state index is 14.2. The van der Waals surface area contributed by atoms with Gasteiger partial charge in [0.1, 0.15) is 36.3 Å². The first-order valence-corrected chi connectivity index (χ1v) is 29.1. The number of likely N-dealkylation sites (tertiary alicyclic amines) is 1. The molecule has 10 atom stereocenters. The maximum absolute atomic E-state index is 14.2. The minimum atomic E-state index is -1.60. The fourth-order valence-electron chi connectivity index (χ4n) is 8.65. The summed E-state index contributed by atoms with van der Waals surface area (Å²) in [4.78, 5) is 129. The molecule has 0 radical (unpaired) electrons. The second kappa shape index (κ2) is 29.3. The van der Waals surface area contributed by atoms with Gasteiger partial charge in [0.15, 0.2) is 0 Å². The summed E-state index contributed by atoms with van der Waals surface area (Å²) in [5.74, 6) is -6.68. The van der Waals surface area contributed by atoms with Gasteiger partial charge in [-0.2, -0.15) is 11.8 Å². The lowest BCUT2D eigenvalue weighted by atomic mass is 9.97. The van der Waals surface area contributed by atoms with E-state index in [1.165, 1.54) is 11.8 Å². The molecule has 2 aromatic carbocycles. The van der Waals surface area contributed by atoms with Crippen LogP contribution in [0.25, 0.3) is 21.8 Å². The Balaban J connectivity index is 1.25. The fourth-order valence-corrected chi connectivity index (χ4v) is 11.5. The van der Waals surface area contributed by atoms with Crippen molar-refractivity contribution in [2.24, 2.45) is 29.0 Å². The van der Waals surface area contributed by atoms with E-state index in [4.69, 9.17) is 17.2 Å². The van der Waals surface area contributed by atoms with Crippen molar-refractivity contribution >= 4 is 108 Å². The monoisotopic (exact) mass is 1110 g/mol. The molecular formula is C51H72N12O10S3. The number of primary amides is 2. The minimum absolute atomic E-state index is 0.0247. The van der Waals surface area contributed by atoms with E-state index in [0.717, 1.165) is 60.3 Å². The Morgan fingerprint density at radius 3 is 1.84 bits per heavy atom. The number of rotatable bonds is 30. The fraction of sp³-hybridized carbons (Fsp3) is 0.510. The number of fused-ring (bicyclic) bond motifs is 2. The van der Waals surface area contributed by atoms with Crippen LogP contribution >= 0.6 is 33.3 Å². The molecule has 25 heteroatoms. The third-order valence-corrected chi connectivity index (χ3v) is 16.4. The standard InChI is InChI=1S/C51H72N12O10S3/c1-6-27(2)42(61-50(72)43(29(4)64)62-48(70)37(58-45(67)28(3)17-19-74-5)20-30-22-55-35-14-9-7-12-32(30)35)49(71)60-39(47(69)57-24-41(53)65)26-76-75-25-34(52)46(68)59-38(51(73)63-18-11-16-40(63)44(54)66)21-31-23-56-36-15-10-8-13-33(31)36/h7-10,12-15,22-23,27-29,34,37-40,42-43,55-56,64H,6,11,16-21,24-26,52H2,1-5H3,(H2,53,65)(H2,54,66)(H,57,69)(H,58,67)(H,59,68)(H,60,71)(H,61,72)(H,62,70)/t27-,28-,29+,34-,37-,38-,39-,40-,42-,43-/m0/s1. The lowest BCUT2D eigenvalue weighted by molar-refractivity contribution is -0.140. The number of thioether (sulfide) groups is 1. The average molecular weight is 1110 g/mol. The predicted octanol–water partition coefficient (Wildman–Crippen LogP) is 0.461. The molecule has 0 saturated carbocycles. The van der Waals surface area contributed by atoms with E-state index >= 15 is 0 Å². The van der Waals surface area contributed by atoms with Gasteiger partial charge in [-0.15, -0.1) is 0 Å². The molecule has 4 aromatic rings. The lowest BCUT2D eigenvalue weighted by Crippen LogP contribution is -2.62. The second-order valence-electron chi connectivity index (χ2n) is 19.0. The molecule has 1 fully saturated rings. The highest BCUT2D eigenvalue weighted by atomic mass is 33.1. The van der Waals surface area contributed by atoms with Crippen LogP contribution in [0.1, 0.15) is 64.5 Å². The molecule has 9 amide bonds. The van der Waals surface area contributed by atoms with Gasteiger partial charge in [-0.3, -0.25) is 43.2 Å². The number of aliphatic hydroxyl groups is 1. The van der Waals surface area contributed by atoms with E-state index < -0.39 is 114 Å². The molecule has 15 N–H and O–H groups in total. The van der Waals surface area contributed by atoms with Gasteiger partial charge in [-0.05, 0) is 67.4 Å². The van der Waals surface area contributed by atoms with Crippen molar-refractivity contribution in [1.82, 2.24) is 46.8 Å². The zero-order valence-corrected chi connectivity index (χ0v) is 45.8. The van der Waals surface area contributed by atoms with Gasteiger partial charge in [-0.1, -0.05) is 85.2 Å². The number of nitrogens with zero attached hydrogens (tertiary/aromatic N) is 1. The summed E-state index contributed by atoms with van der Waals surface area (Å²) >= 11 is 1.58. The number of hydrogen-bond acceptors (Lipinski definition) is 14. The Morgan fingerprint density at radius 1 is 0.711 bits per heavy atom. The van der Waals surface area contributed by atoms with Gasteiger partial charge < -0.3 is 69.1 Å². The van der Waals surface area contributed by atoms with Crippen LogP contribution in [0.5, 0.6) is 0 Å². The molecular weight excluding hydrogens is 1040 g/mol. The van der Waals surface area contributed by atoms with Gasteiger partial charge in [0.25, 0.3) is 0 Å². The average Bonchev–Trinajstić information content (AvgIpc) is 4.17. The van der Waals surface area contributed by atoms with Crippen molar-refractivity contribution in [3.05, 3.63) is 72.1 Å². The van der Waals surface area contributed by atoms with Crippen LogP contribution in [-0.2, 0) is 56.0 Å². The summed E-state index contributed by atoms with van der Waals surface area (Å²) < 4.78 is 0. The highest BCUT2D eigenvalue weighted by Crippen LogP contribution is 2.26. The molecule has 2 aromatic heterocycles. The van der Waals surface area contributed by atoms with Crippen LogP contribution in [0, 0.1) is 11.8 Å². The van der Waals surface area contributed by atoms with Crippen molar-refractivity contribution in [2.75, 3.05) is 36.6 Å². The van der Waals surface area contributed by atoms with Gasteiger partial charge in [0.2, 0.25) is 53.2 Å². The third kappa shape index (κ3) is 16.9. The number of amides is 9. The molecule has 0 spiro atoms. The highest BCUT2D eigenvalue weighted by Gasteiger charge is 2.39. The SMILES string of the molecule is CC[C@H](C)[C@H](NC(=O)[C@@H](NC(=O)[C@H](Cc1c[nH]c2ccccc12)NC(=O)[C@@H](C)CCSC)[C@@H](C)O)C(=O)N[C@@H](CSSC[C@H](N)C(=O)N[C@@H](Cc1c[nH]c2ccccc12)C(=O)N1CCC[C@H]1C(N)=O)C(=O)NCC(N)=O. The van der Waals surface area contributed by atoms with Crippen molar-refractivity contribution in [3.8, 4) is 0 Å². The van der Waals surface area contributed by atoms with Gasteiger partial charge >= 0.3 is 0 Å². The largest absolute Gasteiger partial charge is 0.391 e. The number of benzene rings is 2. The number of hydrogen-bond donors (Lipinski definition) is 12. The minimum Gasteiger partial charge on any atom is -0.391 e. The molecule has 3 heterocycles.